The molecule has 0 saturated carbocycles. The average Bonchev–Trinajstić information content (AvgIpc) is 2.52. The number of amides is 1. The van der Waals surface area contributed by atoms with Crippen LogP contribution in [0.15, 0.2) is 42.9 Å². The molecule has 0 bridgehead atoms. The fraction of sp³-hybridized carbons (Fsp3) is 0.250. The molecule has 2 rings (SSSR count). The third-order valence-corrected chi connectivity index (χ3v) is 3.42. The number of aliphatic carboxylic acids is 1. The SMILES string of the molecule is Cc1ncncc1C(=O)N(Cc1ccccc1)C(C)C(=O)O. The first kappa shape index (κ1) is 15.6. The van der Waals surface area contributed by atoms with Crippen molar-refractivity contribution < 1.29 is 14.7 Å². The van der Waals surface area contributed by atoms with Crippen LogP contribution in [0.3, 0.4) is 0 Å². The van der Waals surface area contributed by atoms with Crippen LogP contribution in [-0.2, 0) is 11.3 Å². The zero-order valence-corrected chi connectivity index (χ0v) is 12.4. The van der Waals surface area contributed by atoms with Gasteiger partial charge in [-0.3, -0.25) is 4.79 Å². The van der Waals surface area contributed by atoms with E-state index in [1.54, 1.807) is 6.92 Å². The lowest BCUT2D eigenvalue weighted by Crippen LogP contribution is -2.43. The maximum Gasteiger partial charge on any atom is 0.326 e. The second-order valence-corrected chi connectivity index (χ2v) is 4.95. The van der Waals surface area contributed by atoms with E-state index in [0.29, 0.717) is 11.3 Å². The van der Waals surface area contributed by atoms with E-state index in [0.717, 1.165) is 5.56 Å². The maximum absolute atomic E-state index is 12.7. The Labute approximate surface area is 128 Å². The largest absolute Gasteiger partial charge is 0.480 e. The van der Waals surface area contributed by atoms with E-state index in [9.17, 15) is 14.7 Å². The molecule has 6 nitrogen and oxygen atoms in total. The van der Waals surface area contributed by atoms with Crippen LogP contribution in [0.2, 0.25) is 0 Å². The Kier molecular flexibility index (Phi) is 4.83. The Morgan fingerprint density at radius 1 is 1.27 bits per heavy atom. The summed E-state index contributed by atoms with van der Waals surface area (Å²) >= 11 is 0. The summed E-state index contributed by atoms with van der Waals surface area (Å²) in [7, 11) is 0. The molecule has 1 atom stereocenters. The van der Waals surface area contributed by atoms with Gasteiger partial charge in [0.25, 0.3) is 5.91 Å². The van der Waals surface area contributed by atoms with Crippen LogP contribution in [0.5, 0.6) is 0 Å². The van der Waals surface area contributed by atoms with E-state index in [-0.39, 0.29) is 6.54 Å². The fourth-order valence-electron chi connectivity index (χ4n) is 2.05. The lowest BCUT2D eigenvalue weighted by atomic mass is 10.1. The summed E-state index contributed by atoms with van der Waals surface area (Å²) in [4.78, 5) is 33.2. The molecular weight excluding hydrogens is 282 g/mol. The van der Waals surface area contributed by atoms with Gasteiger partial charge in [0.05, 0.1) is 11.3 Å². The number of nitrogens with zero attached hydrogens (tertiary/aromatic N) is 3. The van der Waals surface area contributed by atoms with Gasteiger partial charge in [-0.1, -0.05) is 30.3 Å². The van der Waals surface area contributed by atoms with Crippen LogP contribution in [0.1, 0.15) is 28.5 Å². The second kappa shape index (κ2) is 6.80. The molecule has 6 heteroatoms. The Morgan fingerprint density at radius 3 is 2.55 bits per heavy atom. The van der Waals surface area contributed by atoms with Crippen molar-refractivity contribution in [1.82, 2.24) is 14.9 Å². The van der Waals surface area contributed by atoms with E-state index in [4.69, 9.17) is 0 Å². The number of carboxylic acid groups (broad SMARTS) is 1. The Bertz CT molecular complexity index is 673. The van der Waals surface area contributed by atoms with E-state index >= 15 is 0 Å². The Morgan fingerprint density at radius 2 is 1.95 bits per heavy atom. The molecule has 0 spiro atoms. The molecule has 1 N–H and O–H groups in total. The molecule has 1 heterocycles. The van der Waals surface area contributed by atoms with Gasteiger partial charge in [-0.2, -0.15) is 0 Å². The highest BCUT2D eigenvalue weighted by Gasteiger charge is 2.27. The van der Waals surface area contributed by atoms with Gasteiger partial charge in [0.2, 0.25) is 0 Å². The average molecular weight is 299 g/mol. The zero-order valence-electron chi connectivity index (χ0n) is 12.4. The van der Waals surface area contributed by atoms with Gasteiger partial charge in [0.15, 0.2) is 0 Å². The third kappa shape index (κ3) is 3.46. The summed E-state index contributed by atoms with van der Waals surface area (Å²) in [5, 5.41) is 9.27. The van der Waals surface area contributed by atoms with E-state index in [1.165, 1.54) is 24.3 Å². The molecule has 0 aliphatic rings. The van der Waals surface area contributed by atoms with Gasteiger partial charge in [-0.15, -0.1) is 0 Å². The summed E-state index contributed by atoms with van der Waals surface area (Å²) < 4.78 is 0. The van der Waals surface area contributed by atoms with Gasteiger partial charge in [-0.25, -0.2) is 14.8 Å². The topological polar surface area (TPSA) is 83.4 Å². The zero-order chi connectivity index (χ0) is 16.1. The van der Waals surface area contributed by atoms with Gasteiger partial charge >= 0.3 is 5.97 Å². The normalized spacial score (nSPS) is 11.7. The molecule has 1 aromatic carbocycles. The molecule has 22 heavy (non-hydrogen) atoms. The van der Waals surface area contributed by atoms with Crippen LogP contribution in [-0.4, -0.2) is 37.9 Å². The number of carbonyl (C=O) groups excluding carboxylic acids is 1. The molecule has 1 aromatic heterocycles. The number of aryl methyl sites for hydroxylation is 1. The van der Waals surface area contributed by atoms with Crippen molar-refractivity contribution in [2.24, 2.45) is 0 Å². The summed E-state index contributed by atoms with van der Waals surface area (Å²) in [6.07, 6.45) is 2.77. The minimum absolute atomic E-state index is 0.210. The molecule has 0 fully saturated rings. The van der Waals surface area contributed by atoms with Gasteiger partial charge in [0, 0.05) is 12.7 Å². The van der Waals surface area contributed by atoms with Crippen molar-refractivity contribution in [3.63, 3.8) is 0 Å². The van der Waals surface area contributed by atoms with E-state index in [1.807, 2.05) is 30.3 Å². The number of hydrogen-bond donors (Lipinski definition) is 1. The number of carbonyl (C=O) groups is 2. The lowest BCUT2D eigenvalue weighted by molar-refractivity contribution is -0.141. The van der Waals surface area contributed by atoms with Crippen LogP contribution < -0.4 is 0 Å². The number of aromatic nitrogens is 2. The summed E-state index contributed by atoms with van der Waals surface area (Å²) in [5.41, 5.74) is 1.70. The standard InChI is InChI=1S/C16H17N3O3/c1-11-14(8-17-10-18-11)15(20)19(12(2)16(21)22)9-13-6-4-3-5-7-13/h3-8,10,12H,9H2,1-2H3,(H,21,22). The molecule has 0 aliphatic carbocycles. The van der Waals surface area contributed by atoms with E-state index in [2.05, 4.69) is 9.97 Å². The highest BCUT2D eigenvalue weighted by Crippen LogP contribution is 2.14. The van der Waals surface area contributed by atoms with Crippen molar-refractivity contribution in [3.8, 4) is 0 Å². The molecule has 0 radical (unpaired) electrons. The second-order valence-electron chi connectivity index (χ2n) is 4.95. The van der Waals surface area contributed by atoms with Gasteiger partial charge < -0.3 is 10.0 Å². The lowest BCUT2D eigenvalue weighted by Gasteiger charge is -2.27. The van der Waals surface area contributed by atoms with Gasteiger partial charge in [0.1, 0.15) is 12.4 Å². The molecule has 0 aliphatic heterocycles. The number of carboxylic acids is 1. The van der Waals surface area contributed by atoms with Gasteiger partial charge in [-0.05, 0) is 19.4 Å². The predicted octanol–water partition coefficient (Wildman–Crippen LogP) is 1.90. The Hall–Kier alpha value is -2.76. The number of benzene rings is 1. The first-order valence-electron chi connectivity index (χ1n) is 6.85. The monoisotopic (exact) mass is 299 g/mol. The predicted molar refractivity (Wildman–Crippen MR) is 80.2 cm³/mol. The van der Waals surface area contributed by atoms with Crippen molar-refractivity contribution in [3.05, 3.63) is 59.7 Å². The minimum Gasteiger partial charge on any atom is -0.480 e. The third-order valence-electron chi connectivity index (χ3n) is 3.42. The summed E-state index contributed by atoms with van der Waals surface area (Å²) in [6, 6.07) is 8.31. The minimum atomic E-state index is -1.06. The molecule has 114 valence electrons. The quantitative estimate of drug-likeness (QED) is 0.911. The summed E-state index contributed by atoms with van der Waals surface area (Å²) in [6.45, 7) is 3.39. The first-order valence-corrected chi connectivity index (χ1v) is 6.85. The first-order chi connectivity index (χ1) is 10.5. The van der Waals surface area contributed by atoms with Crippen LogP contribution >= 0.6 is 0 Å². The van der Waals surface area contributed by atoms with Crippen molar-refractivity contribution in [1.29, 1.82) is 0 Å². The highest BCUT2D eigenvalue weighted by molar-refractivity contribution is 5.97. The highest BCUT2D eigenvalue weighted by atomic mass is 16.4. The fourth-order valence-corrected chi connectivity index (χ4v) is 2.05. The maximum atomic E-state index is 12.7. The van der Waals surface area contributed by atoms with E-state index < -0.39 is 17.9 Å². The van der Waals surface area contributed by atoms with Crippen molar-refractivity contribution in [2.45, 2.75) is 26.4 Å². The molecular formula is C16H17N3O3. The molecule has 2 aromatic rings. The van der Waals surface area contributed by atoms with Crippen molar-refractivity contribution >= 4 is 11.9 Å². The smallest absolute Gasteiger partial charge is 0.326 e. The van der Waals surface area contributed by atoms with Crippen LogP contribution in [0.4, 0.5) is 0 Å². The Balaban J connectivity index is 2.34. The number of hydrogen-bond acceptors (Lipinski definition) is 4. The summed E-state index contributed by atoms with van der Waals surface area (Å²) in [5.74, 6) is -1.45. The van der Waals surface area contributed by atoms with Crippen molar-refractivity contribution in [2.75, 3.05) is 0 Å². The number of rotatable bonds is 5. The van der Waals surface area contributed by atoms with Crippen LogP contribution in [0, 0.1) is 6.92 Å². The molecule has 0 saturated heterocycles. The van der Waals surface area contributed by atoms with Crippen LogP contribution in [0.25, 0.3) is 0 Å². The molecule has 1 amide bonds. The molecule has 1 unspecified atom stereocenters.